The van der Waals surface area contributed by atoms with Crippen LogP contribution >= 0.6 is 0 Å². The Labute approximate surface area is 70.0 Å². The highest BCUT2D eigenvalue weighted by Gasteiger charge is 2.04. The summed E-state index contributed by atoms with van der Waals surface area (Å²) in [5, 5.41) is 0. The van der Waals surface area contributed by atoms with Crippen LogP contribution in [0.1, 0.15) is 11.1 Å². The Morgan fingerprint density at radius 1 is 1.33 bits per heavy atom. The van der Waals surface area contributed by atoms with Gasteiger partial charge in [0.05, 0.1) is 0 Å². The van der Waals surface area contributed by atoms with Crippen LogP contribution in [0.5, 0.6) is 5.75 Å². The van der Waals surface area contributed by atoms with Crippen molar-refractivity contribution in [1.82, 2.24) is 0 Å². The first-order valence-corrected chi connectivity index (χ1v) is 3.60. The predicted molar refractivity (Wildman–Crippen MR) is 42.5 cm³/mol. The lowest BCUT2D eigenvalue weighted by Crippen LogP contribution is -1.95. The molecule has 0 aliphatic heterocycles. The fraction of sp³-hybridized carbons (Fsp3) is 0.333. The zero-order valence-electron chi connectivity index (χ0n) is 7.03. The fourth-order valence-electron chi connectivity index (χ4n) is 0.993. The maximum absolute atomic E-state index is 12.7. The molecule has 0 heterocycles. The Bertz CT molecular complexity index is 284. The molecule has 12 heavy (non-hydrogen) atoms. The molecule has 0 atom stereocenters. The lowest BCUT2D eigenvalue weighted by atomic mass is 10.1. The number of aryl methyl sites for hydroxylation is 1. The molecule has 0 aliphatic rings. The number of hydrogen-bond acceptors (Lipinski definition) is 1. The molecule has 0 saturated carbocycles. The molecular formula is C9H10F2O. The van der Waals surface area contributed by atoms with Gasteiger partial charge < -0.3 is 4.74 Å². The smallest absolute Gasteiger partial charge is 0.228 e. The molecule has 0 aromatic heterocycles. The highest BCUT2D eigenvalue weighted by atomic mass is 19.1. The van der Waals surface area contributed by atoms with Crippen molar-refractivity contribution in [2.75, 3.05) is 6.86 Å². The minimum Gasteiger partial charge on any atom is -0.463 e. The third-order valence-electron chi connectivity index (χ3n) is 1.79. The van der Waals surface area contributed by atoms with Crippen LogP contribution in [0.3, 0.4) is 0 Å². The van der Waals surface area contributed by atoms with E-state index in [-0.39, 0.29) is 5.75 Å². The van der Waals surface area contributed by atoms with E-state index >= 15 is 0 Å². The van der Waals surface area contributed by atoms with Gasteiger partial charge in [-0.2, -0.15) is 0 Å². The maximum atomic E-state index is 12.7. The number of benzene rings is 1. The summed E-state index contributed by atoms with van der Waals surface area (Å²) in [6.07, 6.45) is 0. The molecule has 0 aliphatic carbocycles. The van der Waals surface area contributed by atoms with E-state index < -0.39 is 12.7 Å². The summed E-state index contributed by atoms with van der Waals surface area (Å²) in [4.78, 5) is 0. The van der Waals surface area contributed by atoms with Gasteiger partial charge in [-0.1, -0.05) is 0 Å². The zero-order valence-corrected chi connectivity index (χ0v) is 7.03. The minimum atomic E-state index is -0.927. The normalized spacial score (nSPS) is 10.0. The van der Waals surface area contributed by atoms with Gasteiger partial charge in [-0.3, -0.25) is 0 Å². The molecule has 0 saturated heterocycles. The molecule has 1 aromatic carbocycles. The number of rotatable bonds is 2. The monoisotopic (exact) mass is 172 g/mol. The van der Waals surface area contributed by atoms with Gasteiger partial charge >= 0.3 is 0 Å². The van der Waals surface area contributed by atoms with Crippen LogP contribution in [-0.2, 0) is 0 Å². The molecule has 0 fully saturated rings. The molecule has 0 radical (unpaired) electrons. The molecule has 0 spiro atoms. The second kappa shape index (κ2) is 3.52. The summed E-state index contributed by atoms with van der Waals surface area (Å²) >= 11 is 0. The van der Waals surface area contributed by atoms with Gasteiger partial charge in [0.25, 0.3) is 0 Å². The number of ether oxygens (including phenoxy) is 1. The largest absolute Gasteiger partial charge is 0.463 e. The predicted octanol–water partition coefficient (Wildman–Crippen LogP) is 2.75. The molecule has 1 aromatic rings. The Morgan fingerprint density at radius 2 is 2.00 bits per heavy atom. The van der Waals surface area contributed by atoms with Crippen LogP contribution in [-0.4, -0.2) is 6.86 Å². The molecule has 0 N–H and O–H groups in total. The van der Waals surface area contributed by atoms with Crippen LogP contribution in [0, 0.1) is 19.7 Å². The molecule has 1 rings (SSSR count). The van der Waals surface area contributed by atoms with E-state index in [2.05, 4.69) is 4.74 Å². The first-order valence-electron chi connectivity index (χ1n) is 3.60. The second-order valence-electron chi connectivity index (χ2n) is 2.60. The van der Waals surface area contributed by atoms with Crippen molar-refractivity contribution in [2.45, 2.75) is 13.8 Å². The average Bonchev–Trinajstić information content (AvgIpc) is 2.00. The van der Waals surface area contributed by atoms with Crippen LogP contribution in [0.4, 0.5) is 8.78 Å². The van der Waals surface area contributed by atoms with Gasteiger partial charge in [-0.15, -0.1) is 0 Å². The van der Waals surface area contributed by atoms with Gasteiger partial charge in [-0.05, 0) is 31.0 Å². The van der Waals surface area contributed by atoms with Crippen LogP contribution < -0.4 is 4.74 Å². The first-order chi connectivity index (χ1) is 5.65. The van der Waals surface area contributed by atoms with E-state index in [9.17, 15) is 8.78 Å². The summed E-state index contributed by atoms with van der Waals surface area (Å²) in [6, 6.07) is 2.57. The average molecular weight is 172 g/mol. The molecule has 66 valence electrons. The zero-order chi connectivity index (χ0) is 9.14. The van der Waals surface area contributed by atoms with E-state index in [0.717, 1.165) is 11.1 Å². The number of alkyl halides is 1. The van der Waals surface area contributed by atoms with Crippen molar-refractivity contribution in [1.29, 1.82) is 0 Å². The molecule has 0 unspecified atom stereocenters. The molecule has 0 bridgehead atoms. The number of hydrogen-bond donors (Lipinski definition) is 0. The van der Waals surface area contributed by atoms with Crippen molar-refractivity contribution < 1.29 is 13.5 Å². The fourth-order valence-corrected chi connectivity index (χ4v) is 0.993. The van der Waals surface area contributed by atoms with Crippen LogP contribution in [0.2, 0.25) is 0 Å². The van der Waals surface area contributed by atoms with Crippen molar-refractivity contribution >= 4 is 0 Å². The highest BCUT2D eigenvalue weighted by molar-refractivity contribution is 5.38. The van der Waals surface area contributed by atoms with Crippen molar-refractivity contribution in [3.05, 3.63) is 29.1 Å². The third kappa shape index (κ3) is 1.72. The summed E-state index contributed by atoms with van der Waals surface area (Å²) in [5.41, 5.74) is 1.53. The summed E-state index contributed by atoms with van der Waals surface area (Å²) in [5.74, 6) is -0.128. The lowest BCUT2D eigenvalue weighted by molar-refractivity contribution is 0.190. The van der Waals surface area contributed by atoms with E-state index in [1.807, 2.05) is 0 Å². The molecule has 1 nitrogen and oxygen atoms in total. The highest BCUT2D eigenvalue weighted by Crippen LogP contribution is 2.22. The van der Waals surface area contributed by atoms with Gasteiger partial charge in [0.2, 0.25) is 6.86 Å². The SMILES string of the molecule is Cc1cc(F)cc(OCF)c1C. The van der Waals surface area contributed by atoms with E-state index in [1.54, 1.807) is 13.8 Å². The molecular weight excluding hydrogens is 162 g/mol. The minimum absolute atomic E-state index is 0.273. The van der Waals surface area contributed by atoms with Crippen molar-refractivity contribution in [3.63, 3.8) is 0 Å². The number of halogens is 2. The van der Waals surface area contributed by atoms with Crippen molar-refractivity contribution in [3.8, 4) is 5.75 Å². The Balaban J connectivity index is 3.09. The van der Waals surface area contributed by atoms with Gasteiger partial charge in [0, 0.05) is 6.07 Å². The van der Waals surface area contributed by atoms with Crippen LogP contribution in [0.15, 0.2) is 12.1 Å². The van der Waals surface area contributed by atoms with Gasteiger partial charge in [-0.25, -0.2) is 8.78 Å². The first kappa shape index (κ1) is 8.97. The van der Waals surface area contributed by atoms with Gasteiger partial charge in [0.15, 0.2) is 0 Å². The standard InChI is InChI=1S/C9H10F2O/c1-6-3-8(11)4-9(7(6)2)12-5-10/h3-4H,5H2,1-2H3. The molecule has 3 heteroatoms. The molecule has 0 amide bonds. The topological polar surface area (TPSA) is 9.23 Å². The van der Waals surface area contributed by atoms with Crippen molar-refractivity contribution in [2.24, 2.45) is 0 Å². The van der Waals surface area contributed by atoms with E-state index in [1.165, 1.54) is 12.1 Å². The van der Waals surface area contributed by atoms with E-state index in [4.69, 9.17) is 0 Å². The summed E-state index contributed by atoms with van der Waals surface area (Å²) < 4.78 is 29.1. The van der Waals surface area contributed by atoms with E-state index in [0.29, 0.717) is 0 Å². The lowest BCUT2D eigenvalue weighted by Gasteiger charge is -2.07. The summed E-state index contributed by atoms with van der Waals surface area (Å²) in [7, 11) is 0. The maximum Gasteiger partial charge on any atom is 0.228 e. The van der Waals surface area contributed by atoms with Gasteiger partial charge in [0.1, 0.15) is 11.6 Å². The Morgan fingerprint density at radius 3 is 2.58 bits per heavy atom. The summed E-state index contributed by atoms with van der Waals surface area (Å²) in [6.45, 7) is 2.59. The third-order valence-corrected chi connectivity index (χ3v) is 1.79. The Hall–Kier alpha value is -1.12. The van der Waals surface area contributed by atoms with Crippen LogP contribution in [0.25, 0.3) is 0 Å². The quantitative estimate of drug-likeness (QED) is 0.666. The second-order valence-corrected chi connectivity index (χ2v) is 2.60. The Kier molecular flexibility index (Phi) is 2.63.